The van der Waals surface area contributed by atoms with E-state index in [1.54, 1.807) is 0 Å². The van der Waals surface area contributed by atoms with Gasteiger partial charge in [0.1, 0.15) is 11.2 Å². The molecule has 0 bridgehead atoms. The Morgan fingerprint density at radius 2 is 1.97 bits per heavy atom. The lowest BCUT2D eigenvalue weighted by atomic mass is 10.1. The van der Waals surface area contributed by atoms with Crippen LogP contribution in [0.2, 0.25) is 0 Å². The zero-order chi connectivity index (χ0) is 25.2. The van der Waals surface area contributed by atoms with Crippen LogP contribution in [0.15, 0.2) is 43.2 Å². The minimum absolute atomic E-state index is 0.324. The quantitative estimate of drug-likeness (QED) is 0.391. The lowest BCUT2D eigenvalue weighted by molar-refractivity contribution is 0.313. The van der Waals surface area contributed by atoms with E-state index in [0.717, 1.165) is 81.8 Å². The monoisotopic (exact) mass is 482 g/mol. The number of aromatic nitrogens is 5. The van der Waals surface area contributed by atoms with E-state index in [4.69, 9.17) is 4.98 Å². The first kappa shape index (κ1) is 23.8. The highest BCUT2D eigenvalue weighted by atomic mass is 15.3. The van der Waals surface area contributed by atoms with E-state index in [2.05, 4.69) is 93.1 Å². The van der Waals surface area contributed by atoms with Crippen molar-refractivity contribution >= 4 is 40.1 Å². The van der Waals surface area contributed by atoms with E-state index in [9.17, 15) is 0 Å². The molecule has 8 nitrogen and oxygen atoms in total. The summed E-state index contributed by atoms with van der Waals surface area (Å²) in [5.74, 6) is 0.739. The van der Waals surface area contributed by atoms with Gasteiger partial charge in [0.15, 0.2) is 5.82 Å². The molecule has 4 heterocycles. The highest BCUT2D eigenvalue weighted by Gasteiger charge is 2.19. The summed E-state index contributed by atoms with van der Waals surface area (Å²) in [4.78, 5) is 17.7. The molecule has 8 heteroatoms. The maximum absolute atomic E-state index is 5.03. The van der Waals surface area contributed by atoms with Crippen LogP contribution in [0.4, 0.5) is 11.4 Å². The normalized spacial score (nSPS) is 15.9. The molecule has 36 heavy (non-hydrogen) atoms. The molecular formula is C28H34N8. The molecular weight excluding hydrogens is 448 g/mol. The number of piperazine rings is 1. The van der Waals surface area contributed by atoms with E-state index in [0.29, 0.717) is 6.04 Å². The molecule has 0 spiro atoms. The summed E-state index contributed by atoms with van der Waals surface area (Å²) in [6, 6.07) is 8.73. The maximum atomic E-state index is 5.03. The largest absolute Gasteiger partial charge is 0.382 e. The number of benzene rings is 1. The number of rotatable bonds is 6. The van der Waals surface area contributed by atoms with Gasteiger partial charge in [-0.2, -0.15) is 5.10 Å². The summed E-state index contributed by atoms with van der Waals surface area (Å²) in [6.45, 7) is 14.6. The summed E-state index contributed by atoms with van der Waals surface area (Å²) >= 11 is 0. The van der Waals surface area contributed by atoms with Gasteiger partial charge in [0.05, 0.1) is 22.2 Å². The van der Waals surface area contributed by atoms with Gasteiger partial charge in [-0.1, -0.05) is 18.7 Å². The van der Waals surface area contributed by atoms with Gasteiger partial charge in [-0.25, -0.2) is 4.98 Å². The number of nitrogens with zero attached hydrogens (tertiary/aromatic N) is 5. The Morgan fingerprint density at radius 3 is 2.72 bits per heavy atom. The lowest BCUT2D eigenvalue weighted by Crippen LogP contribution is -2.44. The fourth-order valence-electron chi connectivity index (χ4n) is 4.63. The number of nitrogens with one attached hydrogen (secondary N) is 3. The molecule has 3 aromatic heterocycles. The molecule has 4 aromatic rings. The number of hydrogen-bond donors (Lipinski definition) is 3. The predicted octanol–water partition coefficient (Wildman–Crippen LogP) is 3.21. The average Bonchev–Trinajstić information content (AvgIpc) is 3.48. The van der Waals surface area contributed by atoms with Crippen molar-refractivity contribution in [3.05, 3.63) is 59.4 Å². The first-order valence-electron chi connectivity index (χ1n) is 12.5. The molecule has 186 valence electrons. The highest BCUT2D eigenvalue weighted by Crippen LogP contribution is 2.28. The number of allylic oxidation sites excluding steroid dienone is 1. The lowest BCUT2D eigenvalue weighted by Gasteiger charge is -2.34. The minimum atomic E-state index is 0.324. The fourth-order valence-corrected chi connectivity index (χ4v) is 4.63. The van der Waals surface area contributed by atoms with Gasteiger partial charge in [-0.3, -0.25) is 10.1 Å². The smallest absolute Gasteiger partial charge is 0.159 e. The van der Waals surface area contributed by atoms with Gasteiger partial charge < -0.3 is 20.1 Å². The molecule has 0 aliphatic carbocycles. The third-order valence-corrected chi connectivity index (χ3v) is 6.56. The fraction of sp³-hybridized carbons (Fsp3) is 0.321. The zero-order valence-electron chi connectivity index (χ0n) is 21.5. The summed E-state index contributed by atoms with van der Waals surface area (Å²) in [5, 5.41) is 13.1. The highest BCUT2D eigenvalue weighted by molar-refractivity contribution is 5.92. The van der Waals surface area contributed by atoms with Gasteiger partial charge >= 0.3 is 0 Å². The third kappa shape index (κ3) is 4.77. The van der Waals surface area contributed by atoms with Crippen LogP contribution in [0.1, 0.15) is 26.3 Å². The minimum Gasteiger partial charge on any atom is -0.382 e. The van der Waals surface area contributed by atoms with E-state index in [1.165, 1.54) is 0 Å². The number of aromatic amines is 2. The second-order valence-corrected chi connectivity index (χ2v) is 9.67. The van der Waals surface area contributed by atoms with Crippen molar-refractivity contribution < 1.29 is 0 Å². The molecule has 0 atom stereocenters. The first-order chi connectivity index (χ1) is 17.4. The molecule has 1 aliphatic heterocycles. The molecule has 0 radical (unpaired) electrons. The Labute approximate surface area is 211 Å². The van der Waals surface area contributed by atoms with Gasteiger partial charge in [0.2, 0.25) is 0 Å². The van der Waals surface area contributed by atoms with Gasteiger partial charge in [0, 0.05) is 55.4 Å². The van der Waals surface area contributed by atoms with Crippen LogP contribution in [-0.4, -0.2) is 69.3 Å². The Morgan fingerprint density at radius 1 is 1.17 bits per heavy atom. The van der Waals surface area contributed by atoms with Crippen LogP contribution in [0, 0.1) is 0 Å². The van der Waals surface area contributed by atoms with Gasteiger partial charge in [0.25, 0.3) is 0 Å². The standard InChI is InChI=1S/C28H34N8/c1-6-23-22(14-19(4)20-15-21(17-29-16-20)30-18(2)3)26(34-33-23)28-31-24-8-7-9-25(27(24)32-28)36-12-10-35(5)11-13-36/h6-9,14-18,30,33H,4,10-13H2,1-3,5H3,(H,31,32)/b22-14+,23-6+. The molecule has 1 aromatic carbocycles. The number of hydrogen-bond acceptors (Lipinski definition) is 6. The first-order valence-corrected chi connectivity index (χ1v) is 12.5. The molecule has 1 fully saturated rings. The Kier molecular flexibility index (Phi) is 6.61. The van der Waals surface area contributed by atoms with Crippen molar-refractivity contribution in [1.82, 2.24) is 30.0 Å². The van der Waals surface area contributed by atoms with E-state index >= 15 is 0 Å². The molecule has 0 saturated carbocycles. The average molecular weight is 483 g/mol. The SMILES string of the molecule is C=C(/C=c1/c(-c2nc3c(N4CCN(C)CC4)cccc3[nH]2)n[nH]/c1=C/C)c1cncc(NC(C)C)c1. The van der Waals surface area contributed by atoms with Gasteiger partial charge in [-0.05, 0) is 57.7 Å². The Bertz CT molecular complexity index is 1500. The topological polar surface area (TPSA) is 88.8 Å². The van der Waals surface area contributed by atoms with E-state index < -0.39 is 0 Å². The van der Waals surface area contributed by atoms with Crippen molar-refractivity contribution in [2.45, 2.75) is 26.8 Å². The summed E-state index contributed by atoms with van der Waals surface area (Å²) in [5.41, 5.74) is 6.70. The number of para-hydroxylation sites is 1. The van der Waals surface area contributed by atoms with Crippen LogP contribution in [0.3, 0.4) is 0 Å². The molecule has 5 rings (SSSR count). The zero-order valence-corrected chi connectivity index (χ0v) is 21.5. The van der Waals surface area contributed by atoms with Crippen molar-refractivity contribution in [1.29, 1.82) is 0 Å². The molecule has 0 unspecified atom stereocenters. The van der Waals surface area contributed by atoms with E-state index in [1.807, 2.05) is 25.4 Å². The second kappa shape index (κ2) is 9.99. The molecule has 1 aliphatic rings. The Hall–Kier alpha value is -3.91. The number of H-pyrrole nitrogens is 2. The number of likely N-dealkylation sites (N-methyl/N-ethyl adjacent to an activating group) is 1. The number of imidazole rings is 1. The van der Waals surface area contributed by atoms with Crippen molar-refractivity contribution in [3.63, 3.8) is 0 Å². The predicted molar refractivity (Wildman–Crippen MR) is 149 cm³/mol. The van der Waals surface area contributed by atoms with Crippen LogP contribution in [-0.2, 0) is 0 Å². The van der Waals surface area contributed by atoms with E-state index in [-0.39, 0.29) is 0 Å². The van der Waals surface area contributed by atoms with Crippen LogP contribution in [0.25, 0.3) is 40.3 Å². The molecule has 0 amide bonds. The maximum Gasteiger partial charge on any atom is 0.159 e. The summed E-state index contributed by atoms with van der Waals surface area (Å²) < 4.78 is 0. The Balaban J connectivity index is 1.55. The summed E-state index contributed by atoms with van der Waals surface area (Å²) in [7, 11) is 2.17. The van der Waals surface area contributed by atoms with Crippen molar-refractivity contribution in [2.24, 2.45) is 0 Å². The second-order valence-electron chi connectivity index (χ2n) is 9.67. The van der Waals surface area contributed by atoms with Crippen molar-refractivity contribution in [2.75, 3.05) is 43.4 Å². The molecule has 1 saturated heterocycles. The molecule has 3 N–H and O–H groups in total. The summed E-state index contributed by atoms with van der Waals surface area (Å²) in [6.07, 6.45) is 7.74. The van der Waals surface area contributed by atoms with Crippen LogP contribution >= 0.6 is 0 Å². The third-order valence-electron chi connectivity index (χ3n) is 6.56. The number of fused-ring (bicyclic) bond motifs is 1. The van der Waals surface area contributed by atoms with Crippen LogP contribution < -0.4 is 20.8 Å². The van der Waals surface area contributed by atoms with Crippen molar-refractivity contribution in [3.8, 4) is 11.5 Å². The van der Waals surface area contributed by atoms with Crippen LogP contribution in [0.5, 0.6) is 0 Å². The number of pyridine rings is 1. The number of anilines is 2. The van der Waals surface area contributed by atoms with Gasteiger partial charge in [-0.15, -0.1) is 0 Å².